The van der Waals surface area contributed by atoms with Crippen molar-refractivity contribution in [2.75, 3.05) is 19.6 Å². The zero-order chi connectivity index (χ0) is 23.2. The number of carbonyl (C=O) groups excluding carboxylic acids is 1. The number of rotatable bonds is 9. The van der Waals surface area contributed by atoms with Crippen LogP contribution < -0.4 is 10.9 Å². The minimum absolute atomic E-state index is 0.0556. The number of amides is 1. The number of thioether (sulfide) groups is 1. The number of likely N-dealkylation sites (tertiary alicyclic amines) is 1. The van der Waals surface area contributed by atoms with Gasteiger partial charge < -0.3 is 10.2 Å². The van der Waals surface area contributed by atoms with Crippen molar-refractivity contribution in [1.29, 1.82) is 0 Å². The molecule has 1 saturated heterocycles. The highest BCUT2D eigenvalue weighted by atomic mass is 32.2. The van der Waals surface area contributed by atoms with E-state index in [9.17, 15) is 9.59 Å². The van der Waals surface area contributed by atoms with Gasteiger partial charge >= 0.3 is 0 Å². The van der Waals surface area contributed by atoms with Crippen LogP contribution in [0.25, 0.3) is 10.8 Å². The van der Waals surface area contributed by atoms with Gasteiger partial charge in [0.15, 0.2) is 0 Å². The van der Waals surface area contributed by atoms with Crippen LogP contribution in [-0.4, -0.2) is 45.5 Å². The predicted molar refractivity (Wildman–Crippen MR) is 135 cm³/mol. The van der Waals surface area contributed by atoms with E-state index in [4.69, 9.17) is 0 Å². The largest absolute Gasteiger partial charge is 0.350 e. The zero-order valence-corrected chi connectivity index (χ0v) is 20.2. The minimum atomic E-state index is -0.0702. The molecule has 0 unspecified atom stereocenters. The van der Waals surface area contributed by atoms with Crippen LogP contribution >= 0.6 is 11.8 Å². The Morgan fingerprint density at radius 1 is 1.03 bits per heavy atom. The lowest BCUT2D eigenvalue weighted by Gasteiger charge is -2.16. The summed E-state index contributed by atoms with van der Waals surface area (Å²) in [6.07, 6.45) is 2.76. The fraction of sp³-hybridized carbons (Fsp3) is 0.423. The third kappa shape index (κ3) is 6.24. The van der Waals surface area contributed by atoms with E-state index >= 15 is 0 Å². The summed E-state index contributed by atoms with van der Waals surface area (Å²) >= 11 is 1.81. The number of nitrogens with zero attached hydrogens (tertiary/aromatic N) is 3. The molecule has 4 rings (SSSR count). The number of fused-ring (bicyclic) bond motifs is 1. The van der Waals surface area contributed by atoms with Crippen LogP contribution in [-0.2, 0) is 24.3 Å². The van der Waals surface area contributed by atoms with Gasteiger partial charge in [-0.05, 0) is 49.7 Å². The van der Waals surface area contributed by atoms with Gasteiger partial charge in [0.2, 0.25) is 5.91 Å². The second-order valence-corrected chi connectivity index (χ2v) is 10.5. The van der Waals surface area contributed by atoms with Gasteiger partial charge in [-0.2, -0.15) is 5.10 Å². The van der Waals surface area contributed by atoms with Gasteiger partial charge in [-0.3, -0.25) is 9.59 Å². The van der Waals surface area contributed by atoms with E-state index in [2.05, 4.69) is 41.3 Å². The molecule has 2 heterocycles. The van der Waals surface area contributed by atoms with Crippen molar-refractivity contribution >= 4 is 28.4 Å². The summed E-state index contributed by atoms with van der Waals surface area (Å²) in [5, 5.41) is 9.62. The number of carbonyl (C=O) groups is 1. The second-order valence-electron chi connectivity index (χ2n) is 8.83. The van der Waals surface area contributed by atoms with E-state index in [1.807, 2.05) is 48.2 Å². The summed E-state index contributed by atoms with van der Waals surface area (Å²) in [4.78, 5) is 29.1. The van der Waals surface area contributed by atoms with E-state index in [-0.39, 0.29) is 11.5 Å². The summed E-state index contributed by atoms with van der Waals surface area (Å²) in [6, 6.07) is 15.7. The molecular weight excluding hydrogens is 432 g/mol. The van der Waals surface area contributed by atoms with Crippen molar-refractivity contribution in [2.45, 2.75) is 56.3 Å². The standard InChI is InChI=1S/C26H32N4O2S/c1-19(2)33-21-11-9-20(10-12-21)17-25(31)27-18-24-22-7-3-4-8-23(22)26(32)30(28-24)16-15-29-13-5-6-14-29/h3-4,7-12,19H,5-6,13-18H2,1-2H3,(H,27,31). The number of nitrogens with one attached hydrogen (secondary N) is 1. The van der Waals surface area contributed by atoms with Crippen molar-refractivity contribution in [2.24, 2.45) is 0 Å². The van der Waals surface area contributed by atoms with Crippen molar-refractivity contribution in [3.63, 3.8) is 0 Å². The van der Waals surface area contributed by atoms with Gasteiger partial charge in [0, 0.05) is 22.1 Å². The van der Waals surface area contributed by atoms with Crippen LogP contribution in [0.1, 0.15) is 37.9 Å². The molecule has 7 heteroatoms. The first-order valence-electron chi connectivity index (χ1n) is 11.7. The summed E-state index contributed by atoms with van der Waals surface area (Å²) in [5.41, 5.74) is 1.64. The number of hydrogen-bond donors (Lipinski definition) is 1. The molecule has 1 fully saturated rings. The van der Waals surface area contributed by atoms with Gasteiger partial charge in [-0.15, -0.1) is 11.8 Å². The smallest absolute Gasteiger partial charge is 0.274 e. The highest BCUT2D eigenvalue weighted by molar-refractivity contribution is 7.99. The number of hydrogen-bond acceptors (Lipinski definition) is 5. The van der Waals surface area contributed by atoms with Crippen molar-refractivity contribution in [1.82, 2.24) is 20.0 Å². The predicted octanol–water partition coefficient (Wildman–Crippen LogP) is 3.85. The first kappa shape index (κ1) is 23.5. The van der Waals surface area contributed by atoms with E-state index in [0.717, 1.165) is 36.3 Å². The maximum absolute atomic E-state index is 13.0. The third-order valence-corrected chi connectivity index (χ3v) is 6.90. The molecule has 1 amide bonds. The average molecular weight is 465 g/mol. The molecule has 6 nitrogen and oxygen atoms in total. The Hall–Kier alpha value is -2.64. The quantitative estimate of drug-likeness (QED) is 0.487. The fourth-order valence-electron chi connectivity index (χ4n) is 4.22. The highest BCUT2D eigenvalue weighted by Gasteiger charge is 2.15. The molecule has 0 bridgehead atoms. The normalized spacial score (nSPS) is 14.3. The molecule has 0 radical (unpaired) electrons. The second kappa shape index (κ2) is 11.0. The lowest BCUT2D eigenvalue weighted by Crippen LogP contribution is -2.33. The summed E-state index contributed by atoms with van der Waals surface area (Å²) in [7, 11) is 0. The third-order valence-electron chi connectivity index (χ3n) is 5.88. The summed E-state index contributed by atoms with van der Waals surface area (Å²) in [6.45, 7) is 8.18. The molecule has 33 heavy (non-hydrogen) atoms. The maximum Gasteiger partial charge on any atom is 0.274 e. The molecule has 1 aromatic heterocycles. The first-order chi connectivity index (χ1) is 16.0. The molecule has 0 atom stereocenters. The SMILES string of the molecule is CC(C)Sc1ccc(CC(=O)NCc2nn(CCN3CCCC3)c(=O)c3ccccc23)cc1. The fourth-order valence-corrected chi connectivity index (χ4v) is 5.06. The molecular formula is C26H32N4O2S. The van der Waals surface area contributed by atoms with Gasteiger partial charge in [-0.25, -0.2) is 4.68 Å². The van der Waals surface area contributed by atoms with Crippen LogP contribution in [0.15, 0.2) is 58.2 Å². The molecule has 174 valence electrons. The highest BCUT2D eigenvalue weighted by Crippen LogP contribution is 2.23. The van der Waals surface area contributed by atoms with Crippen LogP contribution in [0.3, 0.4) is 0 Å². The summed E-state index contributed by atoms with van der Waals surface area (Å²) in [5.74, 6) is -0.0556. The van der Waals surface area contributed by atoms with E-state index in [1.54, 1.807) is 4.68 Å². The van der Waals surface area contributed by atoms with E-state index in [0.29, 0.717) is 30.1 Å². The van der Waals surface area contributed by atoms with Gasteiger partial charge in [0.1, 0.15) is 0 Å². The maximum atomic E-state index is 13.0. The number of aromatic nitrogens is 2. The Labute approximate surface area is 199 Å². The Bertz CT molecular complexity index is 1150. The Morgan fingerprint density at radius 2 is 1.73 bits per heavy atom. The number of benzene rings is 2. The molecule has 1 aliphatic heterocycles. The lowest BCUT2D eigenvalue weighted by atomic mass is 10.1. The van der Waals surface area contributed by atoms with Crippen LogP contribution in [0, 0.1) is 0 Å². The molecule has 3 aromatic rings. The summed E-state index contributed by atoms with van der Waals surface area (Å²) < 4.78 is 1.56. The molecule has 1 aliphatic rings. The van der Waals surface area contributed by atoms with Crippen LogP contribution in [0.5, 0.6) is 0 Å². The molecule has 0 aliphatic carbocycles. The van der Waals surface area contributed by atoms with E-state index < -0.39 is 0 Å². The Morgan fingerprint density at radius 3 is 2.42 bits per heavy atom. The monoisotopic (exact) mass is 464 g/mol. The molecule has 0 spiro atoms. The average Bonchev–Trinajstić information content (AvgIpc) is 3.33. The van der Waals surface area contributed by atoms with Gasteiger partial charge in [-0.1, -0.05) is 44.2 Å². The van der Waals surface area contributed by atoms with Crippen molar-refractivity contribution < 1.29 is 4.79 Å². The molecule has 1 N–H and O–H groups in total. The Balaban J connectivity index is 1.44. The Kier molecular flexibility index (Phi) is 7.83. The van der Waals surface area contributed by atoms with Gasteiger partial charge in [0.05, 0.1) is 30.6 Å². The first-order valence-corrected chi connectivity index (χ1v) is 12.6. The molecule has 2 aromatic carbocycles. The van der Waals surface area contributed by atoms with Gasteiger partial charge in [0.25, 0.3) is 5.56 Å². The lowest BCUT2D eigenvalue weighted by molar-refractivity contribution is -0.120. The van der Waals surface area contributed by atoms with Crippen LogP contribution in [0.2, 0.25) is 0 Å². The van der Waals surface area contributed by atoms with Crippen molar-refractivity contribution in [3.05, 3.63) is 70.1 Å². The van der Waals surface area contributed by atoms with Crippen LogP contribution in [0.4, 0.5) is 0 Å². The topological polar surface area (TPSA) is 67.2 Å². The zero-order valence-electron chi connectivity index (χ0n) is 19.4. The van der Waals surface area contributed by atoms with Crippen molar-refractivity contribution in [3.8, 4) is 0 Å². The minimum Gasteiger partial charge on any atom is -0.350 e. The van der Waals surface area contributed by atoms with E-state index in [1.165, 1.54) is 17.7 Å². The molecule has 0 saturated carbocycles.